The van der Waals surface area contributed by atoms with E-state index in [0.29, 0.717) is 17.4 Å². The van der Waals surface area contributed by atoms with Crippen molar-refractivity contribution in [2.45, 2.75) is 65.3 Å². The zero-order valence-corrected chi connectivity index (χ0v) is 12.9. The van der Waals surface area contributed by atoms with Crippen LogP contribution in [-0.4, -0.2) is 17.6 Å². The van der Waals surface area contributed by atoms with Crippen molar-refractivity contribution in [1.82, 2.24) is 10.3 Å². The van der Waals surface area contributed by atoms with Crippen LogP contribution in [0.1, 0.15) is 64.1 Å². The van der Waals surface area contributed by atoms with Crippen molar-refractivity contribution in [1.29, 1.82) is 0 Å². The Kier molecular flexibility index (Phi) is 4.62. The zero-order chi connectivity index (χ0) is 13.9. The molecule has 106 valence electrons. The second kappa shape index (κ2) is 6.04. The number of hydrogen-bond donors (Lipinski definition) is 1. The average molecular weight is 260 g/mol. The maximum absolute atomic E-state index is 4.66. The van der Waals surface area contributed by atoms with Gasteiger partial charge in [-0.1, -0.05) is 33.8 Å². The molecule has 0 spiro atoms. The summed E-state index contributed by atoms with van der Waals surface area (Å²) in [6.45, 7) is 10.4. The van der Waals surface area contributed by atoms with E-state index in [1.807, 2.05) is 6.20 Å². The third-order valence-corrected chi connectivity index (χ3v) is 3.98. The summed E-state index contributed by atoms with van der Waals surface area (Å²) in [4.78, 5) is 4.66. The van der Waals surface area contributed by atoms with Crippen molar-refractivity contribution in [3.05, 3.63) is 29.6 Å². The van der Waals surface area contributed by atoms with Crippen LogP contribution in [0.3, 0.4) is 0 Å². The van der Waals surface area contributed by atoms with E-state index < -0.39 is 0 Å². The smallest absolute Gasteiger partial charge is 0.0482 e. The van der Waals surface area contributed by atoms with Crippen LogP contribution >= 0.6 is 0 Å². The number of aryl methyl sites for hydroxylation is 1. The second-order valence-corrected chi connectivity index (χ2v) is 7.02. The molecule has 0 aliphatic heterocycles. The maximum Gasteiger partial charge on any atom is 0.0482 e. The lowest BCUT2D eigenvalue weighted by Gasteiger charge is -2.31. The Labute approximate surface area is 118 Å². The first kappa shape index (κ1) is 14.5. The fourth-order valence-corrected chi connectivity index (χ4v) is 3.18. The first-order valence-corrected chi connectivity index (χ1v) is 7.68. The van der Waals surface area contributed by atoms with E-state index in [2.05, 4.69) is 50.1 Å². The Balaban J connectivity index is 2.15. The Morgan fingerprint density at radius 1 is 1.42 bits per heavy atom. The van der Waals surface area contributed by atoms with Gasteiger partial charge in [0, 0.05) is 23.9 Å². The van der Waals surface area contributed by atoms with Gasteiger partial charge in [0.2, 0.25) is 0 Å². The molecule has 2 unspecified atom stereocenters. The fourth-order valence-electron chi connectivity index (χ4n) is 3.18. The second-order valence-electron chi connectivity index (χ2n) is 7.02. The summed E-state index contributed by atoms with van der Waals surface area (Å²) in [5.41, 5.74) is 3.17. The summed E-state index contributed by atoms with van der Waals surface area (Å²) in [7, 11) is 0. The summed E-state index contributed by atoms with van der Waals surface area (Å²) in [5, 5.41) is 3.77. The lowest BCUT2D eigenvalue weighted by molar-refractivity contribution is 0.278. The molecule has 1 aliphatic carbocycles. The van der Waals surface area contributed by atoms with Crippen LogP contribution in [-0.2, 0) is 6.42 Å². The molecule has 0 amide bonds. The van der Waals surface area contributed by atoms with Crippen molar-refractivity contribution in [2.24, 2.45) is 5.41 Å². The Bertz CT molecular complexity index is 406. The summed E-state index contributed by atoms with van der Waals surface area (Å²) in [6.07, 6.45) is 6.81. The van der Waals surface area contributed by atoms with Gasteiger partial charge in [-0.15, -0.1) is 0 Å². The van der Waals surface area contributed by atoms with Crippen LogP contribution in [0.15, 0.2) is 18.3 Å². The summed E-state index contributed by atoms with van der Waals surface area (Å²) in [6, 6.07) is 4.88. The normalized spacial score (nSPS) is 20.3. The average Bonchev–Trinajstić information content (AvgIpc) is 2.77. The molecule has 2 heteroatoms. The van der Waals surface area contributed by atoms with Gasteiger partial charge in [0.25, 0.3) is 0 Å². The van der Waals surface area contributed by atoms with Gasteiger partial charge in [-0.2, -0.15) is 0 Å². The summed E-state index contributed by atoms with van der Waals surface area (Å²) in [5.74, 6) is 0.599. The van der Waals surface area contributed by atoms with E-state index in [0.717, 1.165) is 6.54 Å². The van der Waals surface area contributed by atoms with Gasteiger partial charge in [-0.3, -0.25) is 4.98 Å². The zero-order valence-electron chi connectivity index (χ0n) is 12.9. The van der Waals surface area contributed by atoms with Crippen LogP contribution in [0.4, 0.5) is 0 Å². The third kappa shape index (κ3) is 3.79. The fraction of sp³-hybridized carbons (Fsp3) is 0.706. The minimum atomic E-state index is 0.364. The monoisotopic (exact) mass is 260 g/mol. The number of fused-ring (bicyclic) bond motifs is 1. The molecule has 1 aliphatic rings. The highest BCUT2D eigenvalue weighted by molar-refractivity contribution is 5.30. The highest BCUT2D eigenvalue weighted by Crippen LogP contribution is 2.37. The molecule has 0 fully saturated rings. The van der Waals surface area contributed by atoms with Crippen LogP contribution in [0.5, 0.6) is 0 Å². The van der Waals surface area contributed by atoms with Gasteiger partial charge >= 0.3 is 0 Å². The molecule has 1 aromatic rings. The van der Waals surface area contributed by atoms with Gasteiger partial charge in [0.15, 0.2) is 0 Å². The molecule has 0 bridgehead atoms. The number of pyridine rings is 1. The molecule has 2 atom stereocenters. The number of rotatable bonds is 5. The predicted molar refractivity (Wildman–Crippen MR) is 81.5 cm³/mol. The van der Waals surface area contributed by atoms with Crippen molar-refractivity contribution in [2.75, 3.05) is 6.54 Å². The Hall–Kier alpha value is -0.890. The molecule has 1 N–H and O–H groups in total. The molecule has 1 aromatic heterocycles. The standard InChI is InChI=1S/C17H28N2/c1-5-10-18-15(12-17(2,3)4)14-9-8-13-7-6-11-19-16(13)14/h6-7,11,14-15,18H,5,8-10,12H2,1-4H3. The van der Waals surface area contributed by atoms with E-state index in [-0.39, 0.29) is 0 Å². The van der Waals surface area contributed by atoms with Crippen LogP contribution in [0.2, 0.25) is 0 Å². The van der Waals surface area contributed by atoms with Crippen molar-refractivity contribution >= 4 is 0 Å². The predicted octanol–water partition coefficient (Wildman–Crippen LogP) is 3.92. The van der Waals surface area contributed by atoms with Crippen LogP contribution < -0.4 is 5.32 Å². The van der Waals surface area contributed by atoms with Crippen molar-refractivity contribution < 1.29 is 0 Å². The van der Waals surface area contributed by atoms with Crippen molar-refractivity contribution in [3.8, 4) is 0 Å². The van der Waals surface area contributed by atoms with E-state index in [9.17, 15) is 0 Å². The molecular formula is C17H28N2. The molecular weight excluding hydrogens is 232 g/mol. The minimum absolute atomic E-state index is 0.364. The third-order valence-electron chi connectivity index (χ3n) is 3.98. The lowest BCUT2D eigenvalue weighted by Crippen LogP contribution is -2.38. The molecule has 19 heavy (non-hydrogen) atoms. The maximum atomic E-state index is 4.66. The SMILES string of the molecule is CCCNC(CC(C)(C)C)C1CCc2cccnc21. The molecule has 0 radical (unpaired) electrons. The first-order chi connectivity index (χ1) is 9.01. The molecule has 0 aromatic carbocycles. The summed E-state index contributed by atoms with van der Waals surface area (Å²) < 4.78 is 0. The number of nitrogens with zero attached hydrogens (tertiary/aromatic N) is 1. The first-order valence-electron chi connectivity index (χ1n) is 7.68. The number of hydrogen-bond acceptors (Lipinski definition) is 2. The van der Waals surface area contributed by atoms with E-state index >= 15 is 0 Å². The molecule has 1 heterocycles. The highest BCUT2D eigenvalue weighted by Gasteiger charge is 2.32. The quantitative estimate of drug-likeness (QED) is 0.868. The van der Waals surface area contributed by atoms with Gasteiger partial charge < -0.3 is 5.32 Å². The molecule has 0 saturated heterocycles. The van der Waals surface area contributed by atoms with Crippen LogP contribution in [0.25, 0.3) is 0 Å². The molecule has 0 saturated carbocycles. The van der Waals surface area contributed by atoms with Crippen molar-refractivity contribution in [3.63, 3.8) is 0 Å². The molecule has 2 nitrogen and oxygen atoms in total. The van der Waals surface area contributed by atoms with Gasteiger partial charge in [-0.25, -0.2) is 0 Å². The highest BCUT2D eigenvalue weighted by atomic mass is 14.9. The van der Waals surface area contributed by atoms with E-state index in [1.54, 1.807) is 0 Å². The number of nitrogens with one attached hydrogen (secondary N) is 1. The summed E-state index contributed by atoms with van der Waals surface area (Å²) >= 11 is 0. The Morgan fingerprint density at radius 3 is 2.89 bits per heavy atom. The topological polar surface area (TPSA) is 24.9 Å². The van der Waals surface area contributed by atoms with E-state index in [4.69, 9.17) is 0 Å². The van der Waals surface area contributed by atoms with Gasteiger partial charge in [0.1, 0.15) is 0 Å². The largest absolute Gasteiger partial charge is 0.313 e. The molecule has 2 rings (SSSR count). The Morgan fingerprint density at radius 2 is 2.21 bits per heavy atom. The van der Waals surface area contributed by atoms with Crippen LogP contribution in [0, 0.1) is 5.41 Å². The van der Waals surface area contributed by atoms with Gasteiger partial charge in [-0.05, 0) is 49.3 Å². The lowest BCUT2D eigenvalue weighted by atomic mass is 9.82. The van der Waals surface area contributed by atoms with E-state index in [1.165, 1.54) is 36.9 Å². The minimum Gasteiger partial charge on any atom is -0.313 e. The van der Waals surface area contributed by atoms with Gasteiger partial charge in [0.05, 0.1) is 0 Å². The number of aromatic nitrogens is 1.